The van der Waals surface area contributed by atoms with Crippen LogP contribution in [-0.2, 0) is 4.74 Å². The molecule has 5 N–H and O–H groups in total. The van der Waals surface area contributed by atoms with Gasteiger partial charge in [0.1, 0.15) is 11.1 Å². The fourth-order valence-electron chi connectivity index (χ4n) is 3.29. The average Bonchev–Trinajstić information content (AvgIpc) is 3.16. The number of amides is 4. The Hall–Kier alpha value is -3.47. The Bertz CT molecular complexity index is 984. The monoisotopic (exact) mass is 448 g/mol. The third-order valence-electron chi connectivity index (χ3n) is 4.88. The van der Waals surface area contributed by atoms with E-state index in [1.54, 1.807) is 25.3 Å². The molecule has 1 aliphatic heterocycles. The first-order valence-electron chi connectivity index (χ1n) is 9.50. The molecule has 1 saturated heterocycles. The van der Waals surface area contributed by atoms with Gasteiger partial charge in [-0.25, -0.2) is 14.4 Å². The van der Waals surface area contributed by atoms with Crippen LogP contribution in [0, 0.1) is 0 Å². The Morgan fingerprint density at radius 1 is 1.06 bits per heavy atom. The lowest BCUT2D eigenvalue weighted by Gasteiger charge is -2.30. The van der Waals surface area contributed by atoms with Crippen LogP contribution in [0.2, 0.25) is 0 Å². The molecule has 3 rings (SSSR count). The molecule has 1 aromatic carbocycles. The largest absolute Gasteiger partial charge is 0.493 e. The molecule has 0 radical (unpaired) electrons. The van der Waals surface area contributed by atoms with E-state index in [0.717, 1.165) is 5.56 Å². The number of methoxy groups -OCH3 is 2. The van der Waals surface area contributed by atoms with Crippen molar-refractivity contribution in [1.82, 2.24) is 4.90 Å². The van der Waals surface area contributed by atoms with E-state index in [-0.39, 0.29) is 16.7 Å². The summed E-state index contributed by atoms with van der Waals surface area (Å²) in [5.74, 6) is 0.521. The number of esters is 1. The lowest BCUT2D eigenvalue weighted by molar-refractivity contribution is 0.0157. The number of primary amides is 2. The average molecular weight is 449 g/mol. The Morgan fingerprint density at radius 3 is 2.32 bits per heavy atom. The molecule has 0 aliphatic carbocycles. The summed E-state index contributed by atoms with van der Waals surface area (Å²) in [7, 11) is 3.07. The van der Waals surface area contributed by atoms with Gasteiger partial charge in [0.05, 0.1) is 19.8 Å². The zero-order chi connectivity index (χ0) is 22.5. The van der Waals surface area contributed by atoms with Gasteiger partial charge in [-0.05, 0) is 29.8 Å². The summed E-state index contributed by atoms with van der Waals surface area (Å²) in [6, 6.07) is 5.70. The number of ether oxygens (including phenoxy) is 3. The number of carbonyl (C=O) groups is 3. The molecule has 10 nitrogen and oxygen atoms in total. The first kappa shape index (κ1) is 22.2. The summed E-state index contributed by atoms with van der Waals surface area (Å²) in [4.78, 5) is 37.7. The lowest BCUT2D eigenvalue weighted by Crippen LogP contribution is -2.44. The van der Waals surface area contributed by atoms with Crippen LogP contribution >= 0.6 is 11.3 Å². The van der Waals surface area contributed by atoms with E-state index in [2.05, 4.69) is 5.32 Å². The molecule has 0 atom stereocenters. The van der Waals surface area contributed by atoms with Crippen LogP contribution in [0.4, 0.5) is 14.6 Å². The molecule has 0 spiro atoms. The van der Waals surface area contributed by atoms with E-state index in [0.29, 0.717) is 42.3 Å². The van der Waals surface area contributed by atoms with Crippen LogP contribution in [0.25, 0.3) is 10.4 Å². The van der Waals surface area contributed by atoms with E-state index < -0.39 is 18.0 Å². The summed E-state index contributed by atoms with van der Waals surface area (Å²) in [6.45, 7) is 0.834. The van der Waals surface area contributed by atoms with Crippen LogP contribution in [0.3, 0.4) is 0 Å². The van der Waals surface area contributed by atoms with Gasteiger partial charge in [-0.1, -0.05) is 0 Å². The number of benzene rings is 1. The Balaban J connectivity index is 1.83. The van der Waals surface area contributed by atoms with Crippen molar-refractivity contribution in [3.05, 3.63) is 29.8 Å². The minimum atomic E-state index is -0.787. The first-order chi connectivity index (χ1) is 14.8. The fraction of sp³-hybridized carbons (Fsp3) is 0.350. The van der Waals surface area contributed by atoms with E-state index in [9.17, 15) is 14.4 Å². The highest BCUT2D eigenvalue weighted by atomic mass is 32.1. The van der Waals surface area contributed by atoms with Crippen LogP contribution in [0.5, 0.6) is 11.5 Å². The van der Waals surface area contributed by atoms with Gasteiger partial charge in [0.25, 0.3) is 0 Å². The van der Waals surface area contributed by atoms with Crippen LogP contribution in [0.1, 0.15) is 23.2 Å². The standard InChI is InChI=1S/C20H24N4O6S/c1-28-14-4-3-11(9-15(14)29-2)16-10-13(17(31-16)23-19(21)26)18(25)30-12-5-7-24(8-6-12)20(22)27/h3-4,9-10,12H,5-8H2,1-2H3,(H2,22,27)(H3,21,23,26). The third kappa shape index (κ3) is 5.18. The fourth-order valence-corrected chi connectivity index (χ4v) is 4.33. The highest BCUT2D eigenvalue weighted by Crippen LogP contribution is 2.39. The molecule has 2 heterocycles. The van der Waals surface area contributed by atoms with Crippen molar-refractivity contribution in [3.8, 4) is 21.9 Å². The minimum absolute atomic E-state index is 0.200. The van der Waals surface area contributed by atoms with Gasteiger partial charge >= 0.3 is 18.0 Å². The SMILES string of the molecule is COc1ccc(-c2cc(C(=O)OC3CCN(C(N)=O)CC3)c(NC(N)=O)s2)cc1OC. The van der Waals surface area contributed by atoms with Gasteiger partial charge in [-0.15, -0.1) is 11.3 Å². The second kappa shape index (κ2) is 9.56. The highest BCUT2D eigenvalue weighted by molar-refractivity contribution is 7.20. The molecule has 1 fully saturated rings. The molecular weight excluding hydrogens is 424 g/mol. The van der Waals surface area contributed by atoms with Gasteiger partial charge < -0.3 is 30.6 Å². The van der Waals surface area contributed by atoms with Crippen molar-refractivity contribution in [3.63, 3.8) is 0 Å². The summed E-state index contributed by atoms with van der Waals surface area (Å²) < 4.78 is 16.2. The molecule has 11 heteroatoms. The molecule has 166 valence electrons. The molecule has 0 saturated carbocycles. The van der Waals surface area contributed by atoms with Crippen molar-refractivity contribution in [2.24, 2.45) is 11.5 Å². The van der Waals surface area contributed by atoms with Gasteiger partial charge in [0.15, 0.2) is 11.5 Å². The zero-order valence-corrected chi connectivity index (χ0v) is 18.0. The Labute approximate surface area is 183 Å². The molecule has 31 heavy (non-hydrogen) atoms. The number of urea groups is 2. The number of likely N-dealkylation sites (tertiary alicyclic amines) is 1. The van der Waals surface area contributed by atoms with Gasteiger partial charge in [-0.3, -0.25) is 5.32 Å². The number of nitrogens with zero attached hydrogens (tertiary/aromatic N) is 1. The molecular formula is C20H24N4O6S. The Kier molecular flexibility index (Phi) is 6.85. The number of hydrogen-bond acceptors (Lipinski definition) is 7. The molecule has 0 unspecified atom stereocenters. The molecule has 1 aliphatic rings. The van der Waals surface area contributed by atoms with Gasteiger partial charge in [0.2, 0.25) is 0 Å². The normalized spacial score (nSPS) is 14.1. The molecule has 1 aromatic heterocycles. The van der Waals surface area contributed by atoms with E-state index in [4.69, 9.17) is 25.7 Å². The first-order valence-corrected chi connectivity index (χ1v) is 10.3. The van der Waals surface area contributed by atoms with Crippen molar-refractivity contribution in [2.45, 2.75) is 18.9 Å². The maximum absolute atomic E-state index is 12.8. The number of nitrogens with two attached hydrogens (primary N) is 2. The van der Waals surface area contributed by atoms with Gasteiger partial charge in [0, 0.05) is 30.8 Å². The number of nitrogens with one attached hydrogen (secondary N) is 1. The van der Waals surface area contributed by atoms with E-state index in [1.165, 1.54) is 23.3 Å². The number of anilines is 1. The van der Waals surface area contributed by atoms with Crippen LogP contribution in [-0.4, -0.2) is 56.3 Å². The predicted molar refractivity (Wildman–Crippen MR) is 116 cm³/mol. The highest BCUT2D eigenvalue weighted by Gasteiger charge is 2.27. The summed E-state index contributed by atoms with van der Waals surface area (Å²) >= 11 is 1.19. The zero-order valence-electron chi connectivity index (χ0n) is 17.2. The lowest BCUT2D eigenvalue weighted by atomic mass is 10.1. The van der Waals surface area contributed by atoms with Crippen molar-refractivity contribution in [1.29, 1.82) is 0 Å². The summed E-state index contributed by atoms with van der Waals surface area (Å²) in [5, 5.41) is 2.77. The van der Waals surface area contributed by atoms with Gasteiger partial charge in [-0.2, -0.15) is 0 Å². The summed E-state index contributed by atoms with van der Waals surface area (Å²) in [6.07, 6.45) is 0.619. The maximum atomic E-state index is 12.8. The van der Waals surface area contributed by atoms with Crippen molar-refractivity contribution < 1.29 is 28.6 Å². The topological polar surface area (TPSA) is 146 Å². The van der Waals surface area contributed by atoms with Crippen molar-refractivity contribution >= 4 is 34.4 Å². The predicted octanol–water partition coefficient (Wildman–Crippen LogP) is 2.62. The van der Waals surface area contributed by atoms with E-state index in [1.807, 2.05) is 6.07 Å². The molecule has 4 amide bonds. The second-order valence-electron chi connectivity index (χ2n) is 6.84. The molecule has 2 aromatic rings. The minimum Gasteiger partial charge on any atom is -0.493 e. The number of rotatable bonds is 6. The third-order valence-corrected chi connectivity index (χ3v) is 5.98. The number of hydrogen-bond donors (Lipinski definition) is 3. The summed E-state index contributed by atoms with van der Waals surface area (Å²) in [5.41, 5.74) is 11.5. The second-order valence-corrected chi connectivity index (χ2v) is 7.89. The van der Waals surface area contributed by atoms with E-state index >= 15 is 0 Å². The van der Waals surface area contributed by atoms with Crippen molar-refractivity contribution in [2.75, 3.05) is 32.6 Å². The van der Waals surface area contributed by atoms with Crippen LogP contribution in [0.15, 0.2) is 24.3 Å². The number of piperidine rings is 1. The van der Waals surface area contributed by atoms with Crippen LogP contribution < -0.4 is 26.3 Å². The molecule has 0 bridgehead atoms. The smallest absolute Gasteiger partial charge is 0.341 e. The quantitative estimate of drug-likeness (QED) is 0.579. The maximum Gasteiger partial charge on any atom is 0.341 e. The number of carbonyl (C=O) groups excluding carboxylic acids is 3. The number of thiophene rings is 1. The Morgan fingerprint density at radius 2 is 1.74 bits per heavy atom.